The molecule has 0 radical (unpaired) electrons. The van der Waals surface area contributed by atoms with E-state index in [4.69, 9.17) is 9.68 Å². The van der Waals surface area contributed by atoms with Crippen LogP contribution in [0.15, 0.2) is 95.7 Å². The van der Waals surface area contributed by atoms with Gasteiger partial charge in [0, 0.05) is 28.4 Å². The Labute approximate surface area is 183 Å². The lowest BCUT2D eigenvalue weighted by molar-refractivity contribution is 0.102. The zero-order chi connectivity index (χ0) is 21.9. The van der Waals surface area contributed by atoms with E-state index in [1.54, 1.807) is 42.7 Å². The summed E-state index contributed by atoms with van der Waals surface area (Å²) < 4.78 is 6.06. The number of benzene rings is 3. The van der Waals surface area contributed by atoms with E-state index in [0.717, 1.165) is 21.9 Å². The third-order valence-corrected chi connectivity index (χ3v) is 5.09. The molecule has 152 valence electrons. The predicted molar refractivity (Wildman–Crippen MR) is 122 cm³/mol. The van der Waals surface area contributed by atoms with Crippen LogP contribution in [0.4, 0.5) is 5.69 Å². The van der Waals surface area contributed by atoms with Gasteiger partial charge in [0.1, 0.15) is 5.69 Å². The van der Waals surface area contributed by atoms with Crippen LogP contribution in [-0.4, -0.2) is 15.9 Å². The van der Waals surface area contributed by atoms with Crippen molar-refractivity contribution in [3.63, 3.8) is 0 Å². The number of carbonyl (C=O) groups is 1. The minimum atomic E-state index is -0.293. The van der Waals surface area contributed by atoms with Crippen molar-refractivity contribution in [2.24, 2.45) is 0 Å². The zero-order valence-electron chi connectivity index (χ0n) is 16.8. The lowest BCUT2D eigenvalue weighted by Crippen LogP contribution is -2.13. The molecule has 0 bridgehead atoms. The summed E-state index contributed by atoms with van der Waals surface area (Å²) in [5.41, 5.74) is 3.15. The summed E-state index contributed by atoms with van der Waals surface area (Å²) in [6, 6.07) is 25.9. The van der Waals surface area contributed by atoms with Gasteiger partial charge in [-0.05, 0) is 53.9 Å². The van der Waals surface area contributed by atoms with E-state index >= 15 is 0 Å². The van der Waals surface area contributed by atoms with E-state index in [9.17, 15) is 4.79 Å². The molecule has 0 aliphatic carbocycles. The smallest absolute Gasteiger partial charge is 0.274 e. The molecule has 0 saturated heterocycles. The van der Waals surface area contributed by atoms with Crippen molar-refractivity contribution in [1.29, 1.82) is 5.26 Å². The summed E-state index contributed by atoms with van der Waals surface area (Å²) in [7, 11) is 0. The molecule has 6 heteroatoms. The minimum Gasteiger partial charge on any atom is -0.436 e. The number of fused-ring (bicyclic) bond motifs is 1. The van der Waals surface area contributed by atoms with Gasteiger partial charge in [-0.15, -0.1) is 0 Å². The molecule has 2 aromatic heterocycles. The van der Waals surface area contributed by atoms with E-state index in [2.05, 4.69) is 21.4 Å². The van der Waals surface area contributed by atoms with E-state index in [1.165, 1.54) is 0 Å². The number of pyridine rings is 1. The quantitative estimate of drug-likeness (QED) is 0.407. The summed E-state index contributed by atoms with van der Waals surface area (Å²) in [5.74, 6) is 0.740. The number of hydrogen-bond acceptors (Lipinski definition) is 5. The number of amides is 1. The van der Waals surface area contributed by atoms with Gasteiger partial charge in [-0.1, -0.05) is 30.3 Å². The average Bonchev–Trinajstić information content (AvgIpc) is 3.34. The maximum absolute atomic E-state index is 12.7. The number of anilines is 1. The maximum Gasteiger partial charge on any atom is 0.274 e. The molecule has 3 aromatic carbocycles. The third kappa shape index (κ3) is 3.59. The van der Waals surface area contributed by atoms with Gasteiger partial charge in [0.2, 0.25) is 5.89 Å². The SMILES string of the molecule is N#Cc1ccc(-c2cnc(-c3cccc4cccc(NC(=O)c5ccccn5)c34)o2)cc1. The first-order chi connectivity index (χ1) is 15.7. The van der Waals surface area contributed by atoms with Gasteiger partial charge in [-0.3, -0.25) is 9.78 Å². The van der Waals surface area contributed by atoms with Gasteiger partial charge < -0.3 is 9.73 Å². The Hall–Kier alpha value is -4.76. The van der Waals surface area contributed by atoms with Crippen LogP contribution in [0.5, 0.6) is 0 Å². The topological polar surface area (TPSA) is 91.8 Å². The molecule has 5 rings (SSSR count). The summed E-state index contributed by atoms with van der Waals surface area (Å²) in [4.78, 5) is 21.3. The van der Waals surface area contributed by atoms with Gasteiger partial charge in [-0.2, -0.15) is 5.26 Å². The van der Waals surface area contributed by atoms with Crippen molar-refractivity contribution in [1.82, 2.24) is 9.97 Å². The van der Waals surface area contributed by atoms with Crippen molar-refractivity contribution in [3.8, 4) is 28.8 Å². The number of oxazole rings is 1. The van der Waals surface area contributed by atoms with Crippen LogP contribution in [0.25, 0.3) is 33.6 Å². The Morgan fingerprint density at radius 1 is 0.906 bits per heavy atom. The van der Waals surface area contributed by atoms with Crippen molar-refractivity contribution < 1.29 is 9.21 Å². The molecule has 0 atom stereocenters. The molecule has 1 amide bonds. The molecule has 6 nitrogen and oxygen atoms in total. The van der Waals surface area contributed by atoms with E-state index < -0.39 is 0 Å². The minimum absolute atomic E-state index is 0.293. The van der Waals surface area contributed by atoms with Gasteiger partial charge >= 0.3 is 0 Å². The van der Waals surface area contributed by atoms with Gasteiger partial charge in [-0.25, -0.2) is 4.98 Å². The highest BCUT2D eigenvalue weighted by Gasteiger charge is 2.16. The molecule has 1 N–H and O–H groups in total. The van der Waals surface area contributed by atoms with E-state index in [1.807, 2.05) is 48.5 Å². The van der Waals surface area contributed by atoms with Crippen LogP contribution in [-0.2, 0) is 0 Å². The molecule has 0 saturated carbocycles. The molecule has 0 unspecified atom stereocenters. The van der Waals surface area contributed by atoms with Gasteiger partial charge in [0.25, 0.3) is 5.91 Å². The second kappa shape index (κ2) is 8.17. The lowest BCUT2D eigenvalue weighted by Gasteiger charge is -2.11. The molecular weight excluding hydrogens is 400 g/mol. The first kappa shape index (κ1) is 19.2. The number of aromatic nitrogens is 2. The maximum atomic E-state index is 12.7. The lowest BCUT2D eigenvalue weighted by atomic mass is 10.0. The second-order valence-corrected chi connectivity index (χ2v) is 7.10. The number of hydrogen-bond donors (Lipinski definition) is 1. The van der Waals surface area contributed by atoms with Crippen molar-refractivity contribution in [3.05, 3.63) is 103 Å². The fourth-order valence-electron chi connectivity index (χ4n) is 3.55. The largest absolute Gasteiger partial charge is 0.436 e. The van der Waals surface area contributed by atoms with Crippen LogP contribution in [0.2, 0.25) is 0 Å². The number of nitriles is 1. The van der Waals surface area contributed by atoms with Gasteiger partial charge in [0.15, 0.2) is 5.76 Å². The Morgan fingerprint density at radius 3 is 2.47 bits per heavy atom. The second-order valence-electron chi connectivity index (χ2n) is 7.10. The van der Waals surface area contributed by atoms with Crippen LogP contribution < -0.4 is 5.32 Å². The Morgan fingerprint density at radius 2 is 1.72 bits per heavy atom. The number of rotatable bonds is 4. The van der Waals surface area contributed by atoms with Crippen molar-refractivity contribution in [2.75, 3.05) is 5.32 Å². The summed E-state index contributed by atoms with van der Waals surface area (Å²) in [6.07, 6.45) is 3.24. The highest BCUT2D eigenvalue weighted by Crippen LogP contribution is 2.35. The van der Waals surface area contributed by atoms with Crippen LogP contribution in [0.1, 0.15) is 16.1 Å². The summed E-state index contributed by atoms with van der Waals surface area (Å²) >= 11 is 0. The standard InChI is InChI=1S/C26H16N4O2/c27-15-17-10-12-18(13-11-17)23-16-29-26(32-23)20-7-3-5-19-6-4-9-21(24(19)20)30-25(31)22-8-1-2-14-28-22/h1-14,16H,(H,30,31). The molecule has 5 aromatic rings. The zero-order valence-corrected chi connectivity index (χ0v) is 16.8. The van der Waals surface area contributed by atoms with Crippen molar-refractivity contribution in [2.45, 2.75) is 0 Å². The summed E-state index contributed by atoms with van der Waals surface area (Å²) in [5, 5.41) is 13.7. The number of carbonyl (C=O) groups excluding carboxylic acids is 1. The Balaban J connectivity index is 1.56. The molecule has 2 heterocycles. The van der Waals surface area contributed by atoms with Gasteiger partial charge in [0.05, 0.1) is 17.8 Å². The van der Waals surface area contributed by atoms with E-state index in [0.29, 0.717) is 28.6 Å². The average molecular weight is 416 g/mol. The molecule has 0 aliphatic rings. The highest BCUT2D eigenvalue weighted by molar-refractivity contribution is 6.11. The van der Waals surface area contributed by atoms with Crippen molar-refractivity contribution >= 4 is 22.4 Å². The predicted octanol–water partition coefficient (Wildman–Crippen LogP) is 5.68. The first-order valence-corrected chi connectivity index (χ1v) is 9.94. The Kier molecular flexibility index (Phi) is 4.91. The first-order valence-electron chi connectivity index (χ1n) is 9.94. The van der Waals surface area contributed by atoms with E-state index in [-0.39, 0.29) is 5.91 Å². The number of nitrogens with zero attached hydrogens (tertiary/aromatic N) is 3. The van der Waals surface area contributed by atoms with Crippen LogP contribution in [0, 0.1) is 11.3 Å². The fraction of sp³-hybridized carbons (Fsp3) is 0. The molecule has 0 fully saturated rings. The highest BCUT2D eigenvalue weighted by atomic mass is 16.4. The molecular formula is C26H16N4O2. The molecule has 0 spiro atoms. The van der Waals surface area contributed by atoms with Crippen LogP contribution in [0.3, 0.4) is 0 Å². The van der Waals surface area contributed by atoms with Crippen LogP contribution >= 0.6 is 0 Å². The number of nitrogens with one attached hydrogen (secondary N) is 1. The fourth-order valence-corrected chi connectivity index (χ4v) is 3.55. The molecule has 0 aliphatic heterocycles. The summed E-state index contributed by atoms with van der Waals surface area (Å²) in [6.45, 7) is 0. The Bertz CT molecular complexity index is 1460. The normalized spacial score (nSPS) is 10.6. The third-order valence-electron chi connectivity index (χ3n) is 5.09. The molecule has 32 heavy (non-hydrogen) atoms. The monoisotopic (exact) mass is 416 g/mol.